The maximum atomic E-state index is 5.38. The van der Waals surface area contributed by atoms with E-state index in [2.05, 4.69) is 40.6 Å². The first kappa shape index (κ1) is 12.1. The molecule has 17 heavy (non-hydrogen) atoms. The zero-order chi connectivity index (χ0) is 12.3. The predicted molar refractivity (Wildman–Crippen MR) is 73.4 cm³/mol. The molecule has 0 aliphatic heterocycles. The Hall–Kier alpha value is -1.40. The Morgan fingerprint density at radius 2 is 2.18 bits per heavy atom. The van der Waals surface area contributed by atoms with Crippen molar-refractivity contribution in [3.05, 3.63) is 10.9 Å². The molecule has 0 aliphatic carbocycles. The van der Waals surface area contributed by atoms with Crippen molar-refractivity contribution in [1.29, 1.82) is 0 Å². The average molecular weight is 251 g/mol. The summed E-state index contributed by atoms with van der Waals surface area (Å²) in [6.45, 7) is 5.16. The van der Waals surface area contributed by atoms with Crippen LogP contribution in [0.2, 0.25) is 0 Å². The van der Waals surface area contributed by atoms with Crippen LogP contribution in [0.5, 0.6) is 0 Å². The van der Waals surface area contributed by atoms with E-state index in [0.29, 0.717) is 5.95 Å². The number of thiophene rings is 1. The van der Waals surface area contributed by atoms with Gasteiger partial charge in [0.05, 0.1) is 5.39 Å². The number of fused-ring (bicyclic) bond motifs is 1. The van der Waals surface area contributed by atoms with Gasteiger partial charge in [0.1, 0.15) is 10.6 Å². The van der Waals surface area contributed by atoms with Crippen LogP contribution in [0.3, 0.4) is 0 Å². The normalized spacial score (nSPS) is 10.8. The summed E-state index contributed by atoms with van der Waals surface area (Å²) in [5.41, 5.74) is 2.51. The van der Waals surface area contributed by atoms with Crippen LogP contribution >= 0.6 is 11.3 Å². The van der Waals surface area contributed by atoms with Crippen molar-refractivity contribution in [2.75, 3.05) is 17.3 Å². The molecule has 0 saturated heterocycles. The maximum absolute atomic E-state index is 5.38. The first-order valence-corrected chi connectivity index (χ1v) is 6.61. The molecule has 0 aliphatic rings. The zero-order valence-electron chi connectivity index (χ0n) is 10.1. The van der Waals surface area contributed by atoms with E-state index in [0.717, 1.165) is 35.4 Å². The van der Waals surface area contributed by atoms with Crippen LogP contribution in [0.4, 0.5) is 11.8 Å². The number of hydrazine groups is 1. The lowest BCUT2D eigenvalue weighted by atomic mass is 10.3. The van der Waals surface area contributed by atoms with Crippen LogP contribution in [0.15, 0.2) is 6.07 Å². The Balaban J connectivity index is 2.48. The highest BCUT2D eigenvalue weighted by molar-refractivity contribution is 7.18. The molecule has 0 spiro atoms. The summed E-state index contributed by atoms with van der Waals surface area (Å²) in [5.74, 6) is 6.70. The van der Waals surface area contributed by atoms with Gasteiger partial charge in [-0.25, -0.2) is 10.8 Å². The van der Waals surface area contributed by atoms with Gasteiger partial charge in [0.15, 0.2) is 0 Å². The van der Waals surface area contributed by atoms with Gasteiger partial charge >= 0.3 is 0 Å². The second kappa shape index (κ2) is 5.29. The van der Waals surface area contributed by atoms with Crippen LogP contribution in [-0.2, 0) is 6.42 Å². The predicted octanol–water partition coefficient (Wildman–Crippen LogP) is 2.36. The second-order valence-electron chi connectivity index (χ2n) is 3.75. The van der Waals surface area contributed by atoms with Crippen LogP contribution in [0.1, 0.15) is 25.1 Å². The number of hydrogen-bond donors (Lipinski definition) is 3. The summed E-state index contributed by atoms with van der Waals surface area (Å²) in [6, 6.07) is 2.15. The summed E-state index contributed by atoms with van der Waals surface area (Å²) in [5, 5.41) is 4.39. The molecular weight excluding hydrogens is 234 g/mol. The highest BCUT2D eigenvalue weighted by atomic mass is 32.1. The molecule has 0 fully saturated rings. The van der Waals surface area contributed by atoms with E-state index >= 15 is 0 Å². The van der Waals surface area contributed by atoms with Crippen molar-refractivity contribution in [3.8, 4) is 0 Å². The summed E-state index contributed by atoms with van der Waals surface area (Å²) >= 11 is 1.69. The van der Waals surface area contributed by atoms with Crippen molar-refractivity contribution >= 4 is 33.3 Å². The van der Waals surface area contributed by atoms with Gasteiger partial charge in [-0.15, -0.1) is 11.3 Å². The smallest absolute Gasteiger partial charge is 0.240 e. The fraction of sp³-hybridized carbons (Fsp3) is 0.455. The van der Waals surface area contributed by atoms with Crippen LogP contribution in [-0.4, -0.2) is 16.5 Å². The lowest BCUT2D eigenvalue weighted by Crippen LogP contribution is -2.12. The second-order valence-corrected chi connectivity index (χ2v) is 4.87. The first-order valence-electron chi connectivity index (χ1n) is 5.79. The first-order chi connectivity index (χ1) is 8.28. The van der Waals surface area contributed by atoms with E-state index in [4.69, 9.17) is 5.84 Å². The van der Waals surface area contributed by atoms with Crippen LogP contribution < -0.4 is 16.6 Å². The van der Waals surface area contributed by atoms with E-state index in [9.17, 15) is 0 Å². The van der Waals surface area contributed by atoms with Crippen molar-refractivity contribution < 1.29 is 0 Å². The molecular formula is C11H17N5S. The van der Waals surface area contributed by atoms with E-state index in [1.165, 1.54) is 4.88 Å². The van der Waals surface area contributed by atoms with Gasteiger partial charge in [-0.1, -0.05) is 13.8 Å². The third-order valence-corrected chi connectivity index (χ3v) is 3.64. The molecule has 2 aromatic heterocycles. The monoisotopic (exact) mass is 251 g/mol. The number of hydrogen-bond acceptors (Lipinski definition) is 6. The van der Waals surface area contributed by atoms with E-state index in [-0.39, 0.29) is 0 Å². The molecule has 0 atom stereocenters. The lowest BCUT2D eigenvalue weighted by molar-refractivity contribution is 0.969. The third kappa shape index (κ3) is 2.48. The minimum absolute atomic E-state index is 0.459. The van der Waals surface area contributed by atoms with Crippen molar-refractivity contribution in [3.63, 3.8) is 0 Å². The average Bonchev–Trinajstić information content (AvgIpc) is 2.78. The maximum Gasteiger partial charge on any atom is 0.240 e. The van der Waals surface area contributed by atoms with Gasteiger partial charge in [-0.3, -0.25) is 5.43 Å². The number of nitrogens with two attached hydrogens (primary N) is 1. The number of aryl methyl sites for hydroxylation is 1. The Bertz CT molecular complexity index is 508. The number of nitrogens with one attached hydrogen (secondary N) is 2. The molecule has 6 heteroatoms. The Morgan fingerprint density at radius 3 is 2.82 bits per heavy atom. The molecule has 4 N–H and O–H groups in total. The van der Waals surface area contributed by atoms with Crippen molar-refractivity contribution in [1.82, 2.24) is 9.97 Å². The van der Waals surface area contributed by atoms with Gasteiger partial charge in [0, 0.05) is 11.4 Å². The molecule has 0 bridgehead atoms. The molecule has 2 heterocycles. The summed E-state index contributed by atoms with van der Waals surface area (Å²) in [4.78, 5) is 11.0. The molecule has 0 amide bonds. The quantitative estimate of drug-likeness (QED) is 0.562. The minimum Gasteiger partial charge on any atom is -0.369 e. The molecule has 0 aromatic carbocycles. The fourth-order valence-electron chi connectivity index (χ4n) is 1.59. The van der Waals surface area contributed by atoms with E-state index in [1.54, 1.807) is 11.3 Å². The summed E-state index contributed by atoms with van der Waals surface area (Å²) in [6.07, 6.45) is 2.07. The number of rotatable bonds is 5. The SMILES string of the molecule is CCCNc1nc(NN)nc2sc(CC)cc12. The lowest BCUT2D eigenvalue weighted by Gasteiger charge is -2.06. The Morgan fingerprint density at radius 1 is 1.35 bits per heavy atom. The standard InChI is InChI=1S/C11H17N5S/c1-3-5-13-9-8-6-7(4-2)17-10(8)15-11(14-9)16-12/h6H,3-5,12H2,1-2H3,(H2,13,14,15,16). The van der Waals surface area contributed by atoms with Gasteiger partial charge < -0.3 is 5.32 Å². The molecule has 0 radical (unpaired) electrons. The number of anilines is 2. The van der Waals surface area contributed by atoms with Crippen molar-refractivity contribution in [2.24, 2.45) is 5.84 Å². The molecule has 5 nitrogen and oxygen atoms in total. The highest BCUT2D eigenvalue weighted by Gasteiger charge is 2.10. The molecule has 0 unspecified atom stereocenters. The van der Waals surface area contributed by atoms with E-state index < -0.39 is 0 Å². The number of nitrogen functional groups attached to an aromatic ring is 1. The number of aromatic nitrogens is 2. The highest BCUT2D eigenvalue weighted by Crippen LogP contribution is 2.30. The minimum atomic E-state index is 0.459. The summed E-state index contributed by atoms with van der Waals surface area (Å²) in [7, 11) is 0. The van der Waals surface area contributed by atoms with Gasteiger partial charge in [-0.05, 0) is 18.9 Å². The number of nitrogens with zero attached hydrogens (tertiary/aromatic N) is 2. The molecule has 2 aromatic rings. The third-order valence-electron chi connectivity index (χ3n) is 2.46. The van der Waals surface area contributed by atoms with Crippen LogP contribution in [0, 0.1) is 0 Å². The molecule has 92 valence electrons. The fourth-order valence-corrected chi connectivity index (χ4v) is 2.56. The van der Waals surface area contributed by atoms with Gasteiger partial charge in [-0.2, -0.15) is 4.98 Å². The largest absolute Gasteiger partial charge is 0.369 e. The summed E-state index contributed by atoms with van der Waals surface area (Å²) < 4.78 is 0. The van der Waals surface area contributed by atoms with Gasteiger partial charge in [0.25, 0.3) is 0 Å². The molecule has 0 saturated carbocycles. The van der Waals surface area contributed by atoms with Crippen LogP contribution in [0.25, 0.3) is 10.2 Å². The van der Waals surface area contributed by atoms with E-state index in [1.807, 2.05) is 0 Å². The van der Waals surface area contributed by atoms with Crippen molar-refractivity contribution in [2.45, 2.75) is 26.7 Å². The topological polar surface area (TPSA) is 75.9 Å². The molecule has 2 rings (SSSR count). The Kier molecular flexibility index (Phi) is 3.75. The van der Waals surface area contributed by atoms with Gasteiger partial charge in [0.2, 0.25) is 5.95 Å². The Labute approximate surface area is 104 Å². The zero-order valence-corrected chi connectivity index (χ0v) is 10.9.